The molecule has 0 rings (SSSR count). The van der Waals surface area contributed by atoms with Crippen LogP contribution in [0.1, 0.15) is 13.8 Å². The van der Waals surface area contributed by atoms with Crippen molar-refractivity contribution in [3.63, 3.8) is 0 Å². The van der Waals surface area contributed by atoms with Crippen LogP contribution in [0.4, 0.5) is 0 Å². The molecular formula is C5H9O3P. The summed E-state index contributed by atoms with van der Waals surface area (Å²) in [6.07, 6.45) is 0.169. The summed E-state index contributed by atoms with van der Waals surface area (Å²) in [5.41, 5.74) is -0.858. The lowest BCUT2D eigenvalue weighted by atomic mass is 9.97. The maximum atomic E-state index is 10.3. The lowest BCUT2D eigenvalue weighted by Gasteiger charge is -2.13. The molecule has 0 amide bonds. The molecule has 0 saturated carbocycles. The maximum Gasteiger partial charge on any atom is 0.309 e. The summed E-state index contributed by atoms with van der Waals surface area (Å²) in [6.45, 7) is 3.08. The highest BCUT2D eigenvalue weighted by atomic mass is 31.1. The van der Waals surface area contributed by atoms with Crippen molar-refractivity contribution in [2.75, 3.05) is 6.16 Å². The van der Waals surface area contributed by atoms with Crippen LogP contribution >= 0.6 is 8.46 Å². The van der Waals surface area contributed by atoms with Gasteiger partial charge in [-0.15, -0.1) is 0 Å². The van der Waals surface area contributed by atoms with Gasteiger partial charge in [0.25, 0.3) is 0 Å². The van der Waals surface area contributed by atoms with Gasteiger partial charge in [-0.05, 0) is 13.8 Å². The number of carbonyl (C=O) groups is 1. The Morgan fingerprint density at radius 1 is 1.67 bits per heavy atom. The van der Waals surface area contributed by atoms with Crippen LogP contribution in [0.25, 0.3) is 0 Å². The van der Waals surface area contributed by atoms with Gasteiger partial charge in [0.1, 0.15) is 0 Å². The second-order valence-electron chi connectivity index (χ2n) is 2.48. The van der Waals surface area contributed by atoms with Crippen LogP contribution in [0.15, 0.2) is 0 Å². The van der Waals surface area contributed by atoms with Crippen molar-refractivity contribution in [3.05, 3.63) is 0 Å². The summed E-state index contributed by atoms with van der Waals surface area (Å²) in [5, 5.41) is 8.43. The van der Waals surface area contributed by atoms with Gasteiger partial charge in [0.15, 0.2) is 8.46 Å². The molecule has 52 valence electrons. The fraction of sp³-hybridized carbons (Fsp3) is 0.800. The second-order valence-corrected chi connectivity index (χ2v) is 3.05. The molecule has 0 aromatic rings. The normalized spacial score (nSPS) is 11.8. The lowest BCUT2D eigenvalue weighted by Crippen LogP contribution is -2.25. The minimum atomic E-state index is -0.911. The molecule has 0 aliphatic heterocycles. The fourth-order valence-corrected chi connectivity index (χ4v) is 0.687. The van der Waals surface area contributed by atoms with Crippen molar-refractivity contribution in [1.29, 1.82) is 0 Å². The summed E-state index contributed by atoms with van der Waals surface area (Å²) in [4.78, 5) is 10.3. The van der Waals surface area contributed by atoms with E-state index in [1.165, 1.54) is 0 Å². The molecule has 1 N–H and O–H groups in total. The monoisotopic (exact) mass is 148 g/mol. The first-order valence-electron chi connectivity index (χ1n) is 2.53. The van der Waals surface area contributed by atoms with Gasteiger partial charge in [0, 0.05) is 6.16 Å². The minimum absolute atomic E-state index is 0.111. The molecule has 0 saturated heterocycles. The van der Waals surface area contributed by atoms with Crippen molar-refractivity contribution < 1.29 is 14.5 Å². The molecule has 0 aliphatic carbocycles. The zero-order chi connectivity index (χ0) is 7.49. The van der Waals surface area contributed by atoms with Gasteiger partial charge in [-0.1, -0.05) is 0 Å². The zero-order valence-electron chi connectivity index (χ0n) is 5.42. The van der Waals surface area contributed by atoms with E-state index in [4.69, 9.17) is 5.11 Å². The molecular weight excluding hydrogens is 139 g/mol. The Morgan fingerprint density at radius 3 is 2.22 bits per heavy atom. The first-order valence-corrected chi connectivity index (χ1v) is 3.53. The smallest absolute Gasteiger partial charge is 0.309 e. The molecule has 0 radical (unpaired) electrons. The van der Waals surface area contributed by atoms with Gasteiger partial charge in [-0.2, -0.15) is 0 Å². The van der Waals surface area contributed by atoms with Crippen LogP contribution in [0, 0.1) is 5.41 Å². The van der Waals surface area contributed by atoms with Gasteiger partial charge in [0.05, 0.1) is 5.41 Å². The van der Waals surface area contributed by atoms with E-state index >= 15 is 0 Å². The van der Waals surface area contributed by atoms with Crippen LogP contribution in [0.2, 0.25) is 0 Å². The Bertz CT molecular complexity index is 130. The quantitative estimate of drug-likeness (QED) is 0.615. The molecule has 0 bridgehead atoms. The largest absolute Gasteiger partial charge is 0.481 e. The third-order valence-electron chi connectivity index (χ3n) is 1.04. The van der Waals surface area contributed by atoms with E-state index in [-0.39, 0.29) is 14.6 Å². The average Bonchev–Trinajstić information content (AvgIpc) is 1.65. The Labute approximate surface area is 55.3 Å². The Balaban J connectivity index is 4.00. The molecule has 4 heteroatoms. The summed E-state index contributed by atoms with van der Waals surface area (Å²) in [5.74, 6) is -0.911. The van der Waals surface area contributed by atoms with E-state index in [1.807, 2.05) is 0 Å². The third-order valence-corrected chi connectivity index (χ3v) is 1.96. The summed E-state index contributed by atoms with van der Waals surface area (Å²) >= 11 is 0. The van der Waals surface area contributed by atoms with Crippen LogP contribution in [-0.2, 0) is 9.36 Å². The molecule has 0 fully saturated rings. The number of carboxylic acids is 1. The number of carboxylic acid groups (broad SMARTS) is 1. The molecule has 0 heterocycles. The predicted molar refractivity (Wildman–Crippen MR) is 33.9 cm³/mol. The average molecular weight is 148 g/mol. The molecule has 0 aromatic heterocycles. The topological polar surface area (TPSA) is 54.4 Å². The Kier molecular flexibility index (Phi) is 2.78. The summed E-state index contributed by atoms with van der Waals surface area (Å²) in [6, 6.07) is 0. The van der Waals surface area contributed by atoms with Crippen LogP contribution in [0.3, 0.4) is 0 Å². The van der Waals surface area contributed by atoms with Crippen molar-refractivity contribution in [2.24, 2.45) is 5.41 Å². The minimum Gasteiger partial charge on any atom is -0.481 e. The Hall–Kier alpha value is -0.430. The molecule has 0 spiro atoms. The van der Waals surface area contributed by atoms with Crippen LogP contribution < -0.4 is 0 Å². The standard InChI is InChI=1S/C5H9O3P/c1-5(2,3-9-8)4(6)7/h3H2,1-2H3,(H,6,7). The third kappa shape index (κ3) is 2.56. The molecule has 0 atom stereocenters. The van der Waals surface area contributed by atoms with Gasteiger partial charge < -0.3 is 5.11 Å². The van der Waals surface area contributed by atoms with E-state index in [2.05, 4.69) is 0 Å². The molecule has 0 aliphatic rings. The van der Waals surface area contributed by atoms with Crippen molar-refractivity contribution in [1.82, 2.24) is 0 Å². The van der Waals surface area contributed by atoms with Crippen LogP contribution in [0.5, 0.6) is 0 Å². The lowest BCUT2D eigenvalue weighted by molar-refractivity contribution is -0.145. The highest BCUT2D eigenvalue weighted by Crippen LogP contribution is 2.19. The number of hydrogen-bond donors (Lipinski definition) is 1. The number of rotatable bonds is 3. The molecule has 0 unspecified atom stereocenters. The number of aliphatic carboxylic acids is 1. The van der Waals surface area contributed by atoms with E-state index in [0.717, 1.165) is 0 Å². The molecule has 0 aromatic carbocycles. The predicted octanol–water partition coefficient (Wildman–Crippen LogP) is 1.39. The molecule has 9 heavy (non-hydrogen) atoms. The first-order chi connectivity index (χ1) is 4.00. The van der Waals surface area contributed by atoms with Crippen molar-refractivity contribution >= 4 is 14.4 Å². The zero-order valence-corrected chi connectivity index (χ0v) is 6.31. The van der Waals surface area contributed by atoms with Gasteiger partial charge >= 0.3 is 5.97 Å². The van der Waals surface area contributed by atoms with E-state index in [1.54, 1.807) is 13.8 Å². The first kappa shape index (κ1) is 8.57. The number of hydrogen-bond acceptors (Lipinski definition) is 2. The molecule has 3 nitrogen and oxygen atoms in total. The van der Waals surface area contributed by atoms with Crippen LogP contribution in [-0.4, -0.2) is 17.2 Å². The van der Waals surface area contributed by atoms with Crippen molar-refractivity contribution in [3.8, 4) is 0 Å². The van der Waals surface area contributed by atoms with Gasteiger partial charge in [-0.3, -0.25) is 9.36 Å². The van der Waals surface area contributed by atoms with E-state index in [9.17, 15) is 9.36 Å². The van der Waals surface area contributed by atoms with Crippen molar-refractivity contribution in [2.45, 2.75) is 13.8 Å². The highest BCUT2D eigenvalue weighted by molar-refractivity contribution is 7.23. The van der Waals surface area contributed by atoms with Gasteiger partial charge in [0.2, 0.25) is 0 Å². The summed E-state index contributed by atoms with van der Waals surface area (Å²) in [7, 11) is -0.111. The summed E-state index contributed by atoms with van der Waals surface area (Å²) < 4.78 is 9.96. The second kappa shape index (κ2) is 2.92. The highest BCUT2D eigenvalue weighted by Gasteiger charge is 2.26. The van der Waals surface area contributed by atoms with E-state index in [0.29, 0.717) is 0 Å². The van der Waals surface area contributed by atoms with E-state index < -0.39 is 11.4 Å². The fourth-order valence-electron chi connectivity index (χ4n) is 0.229. The van der Waals surface area contributed by atoms with Gasteiger partial charge in [-0.25, -0.2) is 0 Å². The SMILES string of the molecule is CC(C)(CP=O)C(=O)O. The Morgan fingerprint density at radius 2 is 2.11 bits per heavy atom. The maximum absolute atomic E-state index is 10.3.